The fraction of sp³-hybridized carbons (Fsp3) is 0.571. The van der Waals surface area contributed by atoms with E-state index in [9.17, 15) is 0 Å². The van der Waals surface area contributed by atoms with Crippen LogP contribution in [-0.2, 0) is 5.54 Å². The van der Waals surface area contributed by atoms with Crippen molar-refractivity contribution in [2.24, 2.45) is 0 Å². The first-order valence-electron chi connectivity index (χ1n) is 5.93. The Morgan fingerprint density at radius 1 is 0.938 bits per heavy atom. The van der Waals surface area contributed by atoms with E-state index in [0.29, 0.717) is 5.54 Å². The summed E-state index contributed by atoms with van der Waals surface area (Å²) < 4.78 is 1.05. The van der Waals surface area contributed by atoms with Gasteiger partial charge in [0.15, 0.2) is 0 Å². The summed E-state index contributed by atoms with van der Waals surface area (Å²) in [6, 6.07) is 11.1. The van der Waals surface area contributed by atoms with Gasteiger partial charge in [0.2, 0.25) is 0 Å². The van der Waals surface area contributed by atoms with Gasteiger partial charge in [0, 0.05) is 18.4 Å². The Morgan fingerprint density at radius 2 is 1.44 bits per heavy atom. The molecular formula is C14H22IN. The average Bonchev–Trinajstić information content (AvgIpc) is 2.68. The van der Waals surface area contributed by atoms with Crippen LogP contribution in [0.3, 0.4) is 0 Å². The third-order valence-electron chi connectivity index (χ3n) is 4.03. The molecule has 0 aromatic heterocycles. The van der Waals surface area contributed by atoms with Crippen LogP contribution >= 0.6 is 0 Å². The summed E-state index contributed by atoms with van der Waals surface area (Å²) in [5.74, 6) is 0. The number of hydrogen-bond acceptors (Lipinski definition) is 0. The van der Waals surface area contributed by atoms with E-state index in [1.807, 2.05) is 0 Å². The van der Waals surface area contributed by atoms with Crippen LogP contribution in [-0.4, -0.2) is 25.6 Å². The Morgan fingerprint density at radius 3 is 1.88 bits per heavy atom. The fourth-order valence-electron chi connectivity index (χ4n) is 3.06. The molecule has 0 saturated heterocycles. The predicted molar refractivity (Wildman–Crippen MR) is 64.6 cm³/mol. The van der Waals surface area contributed by atoms with Gasteiger partial charge in [-0.15, -0.1) is 0 Å². The molecule has 16 heavy (non-hydrogen) atoms. The van der Waals surface area contributed by atoms with Crippen molar-refractivity contribution in [3.63, 3.8) is 0 Å². The summed E-state index contributed by atoms with van der Waals surface area (Å²) in [5, 5.41) is 0. The van der Waals surface area contributed by atoms with Crippen LogP contribution in [0.1, 0.15) is 31.2 Å². The maximum absolute atomic E-state index is 2.33. The van der Waals surface area contributed by atoms with Crippen molar-refractivity contribution in [2.45, 2.75) is 31.2 Å². The number of hydrogen-bond donors (Lipinski definition) is 0. The molecule has 1 aliphatic carbocycles. The standard InChI is InChI=1S/C14H22N.HI/c1-15(2,3)14(11-7-8-12-14)13-9-5-4-6-10-13;/h4-6,9-10H,7-8,11-12H2,1-3H3;1H/q+1;/p-1. The van der Waals surface area contributed by atoms with E-state index in [-0.39, 0.29) is 24.0 Å². The summed E-state index contributed by atoms with van der Waals surface area (Å²) in [5.41, 5.74) is 1.89. The summed E-state index contributed by atoms with van der Waals surface area (Å²) >= 11 is 0. The molecule has 0 atom stereocenters. The molecule has 1 aromatic rings. The minimum atomic E-state index is 0. The molecule has 1 nitrogen and oxygen atoms in total. The molecule has 0 aliphatic heterocycles. The Hall–Kier alpha value is -0.0900. The Labute approximate surface area is 116 Å². The van der Waals surface area contributed by atoms with Crippen LogP contribution in [0.5, 0.6) is 0 Å². The molecule has 2 heteroatoms. The molecule has 2 rings (SSSR count). The van der Waals surface area contributed by atoms with Crippen LogP contribution in [0, 0.1) is 0 Å². The lowest BCUT2D eigenvalue weighted by Gasteiger charge is -2.44. The molecule has 1 saturated carbocycles. The van der Waals surface area contributed by atoms with Gasteiger partial charge in [-0.2, -0.15) is 0 Å². The molecule has 0 radical (unpaired) electrons. The van der Waals surface area contributed by atoms with Gasteiger partial charge in [-0.3, -0.25) is 0 Å². The van der Waals surface area contributed by atoms with Gasteiger partial charge in [0.25, 0.3) is 0 Å². The molecule has 1 aliphatic rings. The minimum absolute atomic E-state index is 0. The van der Waals surface area contributed by atoms with Gasteiger partial charge in [0.05, 0.1) is 21.1 Å². The molecule has 0 unspecified atom stereocenters. The summed E-state index contributed by atoms with van der Waals surface area (Å²) in [7, 11) is 6.99. The first-order valence-corrected chi connectivity index (χ1v) is 5.93. The molecule has 0 amide bonds. The van der Waals surface area contributed by atoms with E-state index in [1.165, 1.54) is 31.2 Å². The predicted octanol–water partition coefficient (Wildman–Crippen LogP) is 0.166. The highest BCUT2D eigenvalue weighted by Gasteiger charge is 2.46. The third-order valence-corrected chi connectivity index (χ3v) is 4.03. The molecule has 90 valence electrons. The zero-order valence-electron chi connectivity index (χ0n) is 10.5. The van der Waals surface area contributed by atoms with E-state index in [0.717, 1.165) is 4.48 Å². The maximum Gasteiger partial charge on any atom is 0.124 e. The van der Waals surface area contributed by atoms with E-state index in [4.69, 9.17) is 0 Å². The SMILES string of the molecule is C[N+](C)(C)C1(c2ccccc2)CCCC1.[I-]. The number of quaternary nitrogens is 1. The van der Waals surface area contributed by atoms with Crippen molar-refractivity contribution in [3.05, 3.63) is 35.9 Å². The zero-order valence-corrected chi connectivity index (χ0v) is 12.7. The van der Waals surface area contributed by atoms with Crippen LogP contribution in [0.2, 0.25) is 0 Å². The number of benzene rings is 1. The highest BCUT2D eigenvalue weighted by atomic mass is 127. The largest absolute Gasteiger partial charge is 1.00 e. The van der Waals surface area contributed by atoms with E-state index in [2.05, 4.69) is 51.5 Å². The highest BCUT2D eigenvalue weighted by molar-refractivity contribution is 5.23. The molecule has 1 aromatic carbocycles. The number of halogens is 1. The second kappa shape index (κ2) is 5.05. The first-order chi connectivity index (χ1) is 7.06. The number of rotatable bonds is 2. The molecule has 1 fully saturated rings. The summed E-state index contributed by atoms with van der Waals surface area (Å²) in [6.07, 6.45) is 5.43. The monoisotopic (exact) mass is 331 g/mol. The molecule has 0 bridgehead atoms. The Bertz CT molecular complexity index is 320. The van der Waals surface area contributed by atoms with Crippen molar-refractivity contribution < 1.29 is 28.5 Å². The first kappa shape index (κ1) is 14.0. The molecular weight excluding hydrogens is 309 g/mol. The van der Waals surface area contributed by atoms with Crippen LogP contribution < -0.4 is 24.0 Å². The van der Waals surface area contributed by atoms with Gasteiger partial charge >= 0.3 is 0 Å². The van der Waals surface area contributed by atoms with Gasteiger partial charge < -0.3 is 28.5 Å². The molecule has 0 spiro atoms. The van der Waals surface area contributed by atoms with E-state index < -0.39 is 0 Å². The lowest BCUT2D eigenvalue weighted by molar-refractivity contribution is -0.931. The van der Waals surface area contributed by atoms with E-state index >= 15 is 0 Å². The van der Waals surface area contributed by atoms with Crippen LogP contribution in [0.4, 0.5) is 0 Å². The quantitative estimate of drug-likeness (QED) is 0.535. The van der Waals surface area contributed by atoms with Gasteiger partial charge in [0.1, 0.15) is 5.54 Å². The smallest absolute Gasteiger partial charge is 0.124 e. The lowest BCUT2D eigenvalue weighted by Crippen LogP contribution is -3.00. The second-order valence-electron chi connectivity index (χ2n) is 5.62. The van der Waals surface area contributed by atoms with Crippen LogP contribution in [0.25, 0.3) is 0 Å². The van der Waals surface area contributed by atoms with Gasteiger partial charge in [-0.05, 0) is 12.8 Å². The molecule has 0 heterocycles. The number of nitrogens with zero attached hydrogens (tertiary/aromatic N) is 1. The van der Waals surface area contributed by atoms with E-state index in [1.54, 1.807) is 0 Å². The third kappa shape index (κ3) is 2.28. The zero-order chi connectivity index (χ0) is 10.9. The fourth-order valence-corrected chi connectivity index (χ4v) is 3.06. The van der Waals surface area contributed by atoms with Crippen molar-refractivity contribution >= 4 is 0 Å². The lowest BCUT2D eigenvalue weighted by atomic mass is 9.85. The van der Waals surface area contributed by atoms with Gasteiger partial charge in [-0.1, -0.05) is 30.3 Å². The highest BCUT2D eigenvalue weighted by Crippen LogP contribution is 2.45. The van der Waals surface area contributed by atoms with Crippen molar-refractivity contribution in [2.75, 3.05) is 21.1 Å². The topological polar surface area (TPSA) is 0 Å². The maximum atomic E-state index is 2.33. The molecule has 0 N–H and O–H groups in total. The Kier molecular flexibility index (Phi) is 4.41. The normalized spacial score (nSPS) is 19.2. The van der Waals surface area contributed by atoms with Gasteiger partial charge in [-0.25, -0.2) is 0 Å². The van der Waals surface area contributed by atoms with Crippen molar-refractivity contribution in [3.8, 4) is 0 Å². The average molecular weight is 331 g/mol. The van der Waals surface area contributed by atoms with Crippen molar-refractivity contribution in [1.82, 2.24) is 0 Å². The van der Waals surface area contributed by atoms with Crippen molar-refractivity contribution in [1.29, 1.82) is 0 Å². The minimum Gasteiger partial charge on any atom is -1.00 e. The second-order valence-corrected chi connectivity index (χ2v) is 5.62. The summed E-state index contributed by atoms with van der Waals surface area (Å²) in [4.78, 5) is 0. The Balaban J connectivity index is 0.00000128. The van der Waals surface area contributed by atoms with Crippen LogP contribution in [0.15, 0.2) is 30.3 Å². The summed E-state index contributed by atoms with van der Waals surface area (Å²) in [6.45, 7) is 0.